The summed E-state index contributed by atoms with van der Waals surface area (Å²) in [5, 5.41) is 1.10. The minimum absolute atomic E-state index is 0.124. The first-order valence-corrected chi connectivity index (χ1v) is 26.0. The van der Waals surface area contributed by atoms with E-state index >= 15 is 0 Å². The Labute approximate surface area is 453 Å². The van der Waals surface area contributed by atoms with E-state index in [2.05, 4.69) is 71.3 Å². The van der Waals surface area contributed by atoms with Crippen molar-refractivity contribution in [1.82, 2.24) is 38.6 Å². The molecule has 0 saturated carbocycles. The van der Waals surface area contributed by atoms with E-state index in [-0.39, 0.29) is 11.1 Å². The number of para-hydroxylation sites is 5. The van der Waals surface area contributed by atoms with Gasteiger partial charge in [-0.1, -0.05) is 170 Å². The monoisotopic (exact) mass is 1020 g/mol. The van der Waals surface area contributed by atoms with Gasteiger partial charge in [0.25, 0.3) is 11.1 Å². The smallest absolute Gasteiger partial charge is 0.266 e. The molecule has 10 aromatic carbocycles. The fourth-order valence-electron chi connectivity index (χ4n) is 10.5. The molecule has 0 aliphatic rings. The molecule has 4 heterocycles. The van der Waals surface area contributed by atoms with E-state index in [0.717, 1.165) is 78.4 Å². The van der Waals surface area contributed by atoms with Crippen LogP contribution in [0.2, 0.25) is 0 Å². The van der Waals surface area contributed by atoms with Crippen LogP contribution in [0.1, 0.15) is 0 Å². The van der Waals surface area contributed by atoms with Gasteiger partial charge >= 0.3 is 0 Å². The van der Waals surface area contributed by atoms with E-state index in [4.69, 9.17) is 24.9 Å². The van der Waals surface area contributed by atoms with Gasteiger partial charge in [0.15, 0.2) is 5.82 Å². The molecule has 0 unspecified atom stereocenters. The molecule has 0 bridgehead atoms. The minimum atomic E-state index is -0.155. The second kappa shape index (κ2) is 19.6. The van der Waals surface area contributed by atoms with E-state index in [1.54, 1.807) is 9.13 Å². The first-order valence-electron chi connectivity index (χ1n) is 26.0. The Morgan fingerprint density at radius 3 is 1.29 bits per heavy atom. The first-order chi connectivity index (χ1) is 39.0. The lowest BCUT2D eigenvalue weighted by Gasteiger charge is -2.15. The fraction of sp³-hybridized carbons (Fsp3) is 0. The molecule has 0 saturated heterocycles. The highest BCUT2D eigenvalue weighted by Crippen LogP contribution is 2.35. The Morgan fingerprint density at radius 1 is 0.253 bits per heavy atom. The molecule has 79 heavy (non-hydrogen) atoms. The van der Waals surface area contributed by atoms with Gasteiger partial charge in [0.05, 0.1) is 55.6 Å². The molecule has 0 aliphatic carbocycles. The number of hydrogen-bond donors (Lipinski definition) is 0. The van der Waals surface area contributed by atoms with Crippen molar-refractivity contribution in [3.05, 3.63) is 288 Å². The molecular formula is C69H44N8O2. The van der Waals surface area contributed by atoms with Crippen molar-refractivity contribution in [1.29, 1.82) is 0 Å². The first kappa shape index (κ1) is 46.6. The Bertz CT molecular complexity index is 4750. The zero-order chi connectivity index (χ0) is 52.8. The highest BCUT2D eigenvalue weighted by Gasteiger charge is 2.20. The van der Waals surface area contributed by atoms with Gasteiger partial charge in [-0.3, -0.25) is 23.3 Å². The predicted molar refractivity (Wildman–Crippen MR) is 317 cm³/mol. The highest BCUT2D eigenvalue weighted by atomic mass is 16.1. The maximum atomic E-state index is 14.4. The Hall–Kier alpha value is -11.0. The maximum Gasteiger partial charge on any atom is 0.266 e. The van der Waals surface area contributed by atoms with Gasteiger partial charge in [-0.05, 0) is 108 Å². The summed E-state index contributed by atoms with van der Waals surface area (Å²) in [5.74, 6) is 2.49. The van der Waals surface area contributed by atoms with Gasteiger partial charge in [0.1, 0.15) is 17.5 Å². The standard InChI is InChI=1S/C69H44N8O2/c78-68-56-28-10-12-30-58(56)73-67(76(68)53-25-8-3-9-26-53)49-38-40-54(41-39-49)75-63-33-15-14-32-60(63)74-65(75)48-36-34-45(35-37-48)50-22-16-23-51(42-50)61-44-62(71-64(70-61)46-18-4-1-5-19-46)52-24-17-27-55(43-52)77-66(47-20-6-2-7-21-47)72-59-31-13-11-29-57(59)69(77)79/h1-44H. The van der Waals surface area contributed by atoms with E-state index in [9.17, 15) is 9.59 Å². The number of imidazole rings is 1. The second-order valence-electron chi connectivity index (χ2n) is 19.2. The predicted octanol–water partition coefficient (Wildman–Crippen LogP) is 14.9. The van der Waals surface area contributed by atoms with Crippen molar-refractivity contribution in [2.45, 2.75) is 0 Å². The summed E-state index contributed by atoms with van der Waals surface area (Å²) in [7, 11) is 0. The van der Waals surface area contributed by atoms with Crippen LogP contribution in [-0.4, -0.2) is 38.6 Å². The van der Waals surface area contributed by atoms with Crippen molar-refractivity contribution < 1.29 is 0 Å². The molecule has 0 aliphatic heterocycles. The van der Waals surface area contributed by atoms with Crippen molar-refractivity contribution in [2.75, 3.05) is 0 Å². The Balaban J connectivity index is 0.816. The van der Waals surface area contributed by atoms with E-state index in [0.29, 0.717) is 50.7 Å². The van der Waals surface area contributed by atoms with Crippen LogP contribution < -0.4 is 11.1 Å². The lowest BCUT2D eigenvalue weighted by Crippen LogP contribution is -2.22. The molecule has 14 rings (SSSR count). The molecular weight excluding hydrogens is 973 g/mol. The number of nitrogens with zero attached hydrogens (tertiary/aromatic N) is 8. The van der Waals surface area contributed by atoms with E-state index < -0.39 is 0 Å². The molecule has 0 fully saturated rings. The lowest BCUT2D eigenvalue weighted by molar-refractivity contribution is 0.975. The fourth-order valence-corrected chi connectivity index (χ4v) is 10.5. The summed E-state index contributed by atoms with van der Waals surface area (Å²) in [4.78, 5) is 54.1. The second-order valence-corrected chi connectivity index (χ2v) is 19.2. The number of fused-ring (bicyclic) bond motifs is 3. The number of benzene rings is 10. The van der Waals surface area contributed by atoms with E-state index in [1.807, 2.05) is 200 Å². The summed E-state index contributed by atoms with van der Waals surface area (Å²) in [5.41, 5.74) is 13.9. The van der Waals surface area contributed by atoms with Crippen LogP contribution in [0.15, 0.2) is 277 Å². The molecule has 0 N–H and O–H groups in total. The molecule has 0 spiro atoms. The SMILES string of the molecule is O=c1c2ccccc2nc(-c2ccc(-n3c(-c4ccc(-c5cccc(-c6cc(-c7cccc(-n8c(-c9ccccc9)nc9ccccc9c8=O)c7)nc(-c7ccccc7)n6)c5)cc4)nc4ccccc43)cc2)n1-c1ccccc1. The van der Waals surface area contributed by atoms with Crippen LogP contribution in [0.5, 0.6) is 0 Å². The third-order valence-electron chi connectivity index (χ3n) is 14.3. The van der Waals surface area contributed by atoms with Crippen LogP contribution >= 0.6 is 0 Å². The number of hydrogen-bond acceptors (Lipinski definition) is 7. The average Bonchev–Trinajstić information content (AvgIpc) is 4.14. The third-order valence-corrected chi connectivity index (χ3v) is 14.3. The summed E-state index contributed by atoms with van der Waals surface area (Å²) in [6, 6.07) is 87.6. The molecule has 14 aromatic rings. The van der Waals surface area contributed by atoms with Gasteiger partial charge < -0.3 is 0 Å². The normalized spacial score (nSPS) is 11.4. The largest absolute Gasteiger partial charge is 0.292 e. The lowest BCUT2D eigenvalue weighted by atomic mass is 9.99. The number of rotatable bonds is 10. The van der Waals surface area contributed by atoms with Gasteiger partial charge in [0.2, 0.25) is 0 Å². The van der Waals surface area contributed by atoms with Crippen molar-refractivity contribution in [3.8, 4) is 96.3 Å². The van der Waals surface area contributed by atoms with Crippen molar-refractivity contribution >= 4 is 32.8 Å². The Kier molecular flexibility index (Phi) is 11.6. The van der Waals surface area contributed by atoms with Crippen LogP contribution in [-0.2, 0) is 0 Å². The summed E-state index contributed by atoms with van der Waals surface area (Å²) < 4.78 is 5.57. The quantitative estimate of drug-likeness (QED) is 0.134. The van der Waals surface area contributed by atoms with Crippen LogP contribution in [0.25, 0.3) is 129 Å². The van der Waals surface area contributed by atoms with Crippen molar-refractivity contribution in [3.63, 3.8) is 0 Å². The molecule has 0 radical (unpaired) electrons. The third kappa shape index (κ3) is 8.55. The van der Waals surface area contributed by atoms with Crippen molar-refractivity contribution in [2.24, 2.45) is 0 Å². The topological polar surface area (TPSA) is 113 Å². The maximum absolute atomic E-state index is 14.4. The van der Waals surface area contributed by atoms with E-state index in [1.165, 1.54) is 0 Å². The Morgan fingerprint density at radius 2 is 0.658 bits per heavy atom. The summed E-state index contributed by atoms with van der Waals surface area (Å²) in [6.45, 7) is 0. The van der Waals surface area contributed by atoms with Gasteiger partial charge in [-0.2, -0.15) is 0 Å². The molecule has 10 nitrogen and oxygen atoms in total. The molecule has 372 valence electrons. The van der Waals surface area contributed by atoms with Gasteiger partial charge in [0, 0.05) is 39.1 Å². The highest BCUT2D eigenvalue weighted by molar-refractivity contribution is 5.86. The van der Waals surface area contributed by atoms with Crippen LogP contribution in [0.3, 0.4) is 0 Å². The van der Waals surface area contributed by atoms with Gasteiger partial charge in [-0.25, -0.2) is 24.9 Å². The van der Waals surface area contributed by atoms with Crippen LogP contribution in [0.4, 0.5) is 0 Å². The molecule has 0 atom stereocenters. The minimum Gasteiger partial charge on any atom is -0.292 e. The molecule has 4 aromatic heterocycles. The zero-order valence-electron chi connectivity index (χ0n) is 42.3. The molecule has 10 heteroatoms. The zero-order valence-corrected chi connectivity index (χ0v) is 42.3. The summed E-state index contributed by atoms with van der Waals surface area (Å²) >= 11 is 0. The number of aromatic nitrogens is 8. The average molecular weight is 1020 g/mol. The van der Waals surface area contributed by atoms with Crippen LogP contribution in [0, 0.1) is 0 Å². The summed E-state index contributed by atoms with van der Waals surface area (Å²) in [6.07, 6.45) is 0. The molecule has 0 amide bonds. The van der Waals surface area contributed by atoms with Gasteiger partial charge in [-0.15, -0.1) is 0 Å².